The number of nitrogens with one attached hydrogen (secondary N) is 2. The Morgan fingerprint density at radius 3 is 2.89 bits per heavy atom. The predicted octanol–water partition coefficient (Wildman–Crippen LogP) is 2.10. The molecule has 0 saturated carbocycles. The average Bonchev–Trinajstić information content (AvgIpc) is 2.67. The first kappa shape index (κ1) is 13.7. The van der Waals surface area contributed by atoms with Crippen LogP contribution in [0.5, 0.6) is 0 Å². The Kier molecular flexibility index (Phi) is 5.10. The number of carbonyl (C=O) groups excluding carboxylic acids is 1. The fourth-order valence-electron chi connectivity index (χ4n) is 2.14. The number of rotatable bonds is 3. The first-order valence-corrected chi connectivity index (χ1v) is 6.69. The van der Waals surface area contributed by atoms with E-state index in [2.05, 4.69) is 10.6 Å². The van der Waals surface area contributed by atoms with Gasteiger partial charge in [0.2, 0.25) is 5.91 Å². The Morgan fingerprint density at radius 2 is 2.11 bits per heavy atom. The van der Waals surface area contributed by atoms with Gasteiger partial charge in [0.15, 0.2) is 0 Å². The van der Waals surface area contributed by atoms with E-state index < -0.39 is 0 Å². The van der Waals surface area contributed by atoms with Crippen LogP contribution >= 0.6 is 0 Å². The SMILES string of the molecule is O=C(C=Cc1ccc(F)cc1)NC1CCCCNC1. The van der Waals surface area contributed by atoms with Gasteiger partial charge in [-0.15, -0.1) is 0 Å². The highest BCUT2D eigenvalue weighted by molar-refractivity contribution is 5.91. The van der Waals surface area contributed by atoms with Gasteiger partial charge in [0.1, 0.15) is 5.82 Å². The third kappa shape index (κ3) is 4.83. The molecule has 1 heterocycles. The van der Waals surface area contributed by atoms with E-state index in [0.717, 1.165) is 37.9 Å². The summed E-state index contributed by atoms with van der Waals surface area (Å²) in [5.74, 6) is -0.371. The van der Waals surface area contributed by atoms with E-state index in [-0.39, 0.29) is 17.8 Å². The van der Waals surface area contributed by atoms with E-state index in [0.29, 0.717) is 0 Å². The van der Waals surface area contributed by atoms with E-state index in [4.69, 9.17) is 0 Å². The molecule has 1 aliphatic rings. The van der Waals surface area contributed by atoms with Gasteiger partial charge in [-0.05, 0) is 43.2 Å². The topological polar surface area (TPSA) is 41.1 Å². The van der Waals surface area contributed by atoms with Crippen molar-refractivity contribution in [3.63, 3.8) is 0 Å². The van der Waals surface area contributed by atoms with E-state index in [9.17, 15) is 9.18 Å². The molecule has 1 atom stereocenters. The van der Waals surface area contributed by atoms with Gasteiger partial charge in [-0.1, -0.05) is 18.6 Å². The number of halogens is 1. The molecule has 1 saturated heterocycles. The molecule has 1 aromatic carbocycles. The lowest BCUT2D eigenvalue weighted by Crippen LogP contribution is -2.40. The van der Waals surface area contributed by atoms with Crippen LogP contribution in [0.15, 0.2) is 30.3 Å². The Hall–Kier alpha value is -1.68. The lowest BCUT2D eigenvalue weighted by molar-refractivity contribution is -0.117. The van der Waals surface area contributed by atoms with Crippen molar-refractivity contribution >= 4 is 12.0 Å². The van der Waals surface area contributed by atoms with Gasteiger partial charge in [0.05, 0.1) is 0 Å². The fraction of sp³-hybridized carbons (Fsp3) is 0.400. The second kappa shape index (κ2) is 7.04. The highest BCUT2D eigenvalue weighted by atomic mass is 19.1. The van der Waals surface area contributed by atoms with E-state index in [1.54, 1.807) is 18.2 Å². The van der Waals surface area contributed by atoms with Gasteiger partial charge in [0.25, 0.3) is 0 Å². The van der Waals surface area contributed by atoms with Gasteiger partial charge in [-0.3, -0.25) is 4.79 Å². The van der Waals surface area contributed by atoms with Gasteiger partial charge in [-0.25, -0.2) is 4.39 Å². The van der Waals surface area contributed by atoms with Gasteiger partial charge in [-0.2, -0.15) is 0 Å². The minimum Gasteiger partial charge on any atom is -0.349 e. The van der Waals surface area contributed by atoms with Crippen LogP contribution in [0.25, 0.3) is 6.08 Å². The smallest absolute Gasteiger partial charge is 0.244 e. The van der Waals surface area contributed by atoms with Crippen molar-refractivity contribution < 1.29 is 9.18 Å². The summed E-state index contributed by atoms with van der Waals surface area (Å²) in [5, 5.41) is 6.28. The number of benzene rings is 1. The molecule has 1 unspecified atom stereocenters. The average molecular weight is 262 g/mol. The monoisotopic (exact) mass is 262 g/mol. The zero-order valence-corrected chi connectivity index (χ0v) is 10.9. The molecule has 2 N–H and O–H groups in total. The Morgan fingerprint density at radius 1 is 1.32 bits per heavy atom. The van der Waals surface area contributed by atoms with Crippen LogP contribution in [-0.2, 0) is 4.79 Å². The highest BCUT2D eigenvalue weighted by Crippen LogP contribution is 2.06. The molecule has 1 aliphatic heterocycles. The molecule has 0 aliphatic carbocycles. The highest BCUT2D eigenvalue weighted by Gasteiger charge is 2.12. The van der Waals surface area contributed by atoms with Crippen LogP contribution in [0, 0.1) is 5.82 Å². The molecule has 1 fully saturated rings. The summed E-state index contributed by atoms with van der Waals surface area (Å²) in [7, 11) is 0. The maximum Gasteiger partial charge on any atom is 0.244 e. The van der Waals surface area contributed by atoms with Gasteiger partial charge >= 0.3 is 0 Å². The maximum absolute atomic E-state index is 12.7. The predicted molar refractivity (Wildman–Crippen MR) is 74.1 cm³/mol. The standard InChI is InChI=1S/C15H19FN2O/c16-13-7-4-12(5-8-13)6-9-15(19)18-14-3-1-2-10-17-11-14/h4-9,14,17H,1-3,10-11H2,(H,18,19). The molecule has 4 heteroatoms. The molecular formula is C15H19FN2O. The quantitative estimate of drug-likeness (QED) is 0.819. The molecule has 0 radical (unpaired) electrons. The first-order chi connectivity index (χ1) is 9.24. The second-order valence-corrected chi connectivity index (χ2v) is 4.79. The van der Waals surface area contributed by atoms with Gasteiger partial charge < -0.3 is 10.6 Å². The lowest BCUT2D eigenvalue weighted by Gasteiger charge is -2.14. The number of carbonyl (C=O) groups is 1. The summed E-state index contributed by atoms with van der Waals surface area (Å²) in [6, 6.07) is 6.26. The largest absolute Gasteiger partial charge is 0.349 e. The Labute approximate surface area is 112 Å². The van der Waals surface area contributed by atoms with Crippen molar-refractivity contribution in [2.24, 2.45) is 0 Å². The summed E-state index contributed by atoms with van der Waals surface area (Å²) in [6.07, 6.45) is 6.51. The lowest BCUT2D eigenvalue weighted by atomic mass is 10.1. The Balaban J connectivity index is 1.84. The van der Waals surface area contributed by atoms with Crippen molar-refractivity contribution in [2.75, 3.05) is 13.1 Å². The van der Waals surface area contributed by atoms with E-state index >= 15 is 0 Å². The summed E-state index contributed by atoms with van der Waals surface area (Å²) in [6.45, 7) is 1.86. The zero-order chi connectivity index (χ0) is 13.5. The molecular weight excluding hydrogens is 243 g/mol. The summed E-state index contributed by atoms with van der Waals surface area (Å²) >= 11 is 0. The van der Waals surface area contributed by atoms with Crippen LogP contribution in [0.3, 0.4) is 0 Å². The van der Waals surface area contributed by atoms with Crippen molar-refractivity contribution in [3.05, 3.63) is 41.7 Å². The minimum atomic E-state index is -0.272. The molecule has 0 spiro atoms. The van der Waals surface area contributed by atoms with Crippen LogP contribution in [0.1, 0.15) is 24.8 Å². The molecule has 1 aromatic rings. The van der Waals surface area contributed by atoms with Crippen LogP contribution in [-0.4, -0.2) is 25.0 Å². The molecule has 2 rings (SSSR count). The summed E-state index contributed by atoms with van der Waals surface area (Å²) in [5.41, 5.74) is 0.815. The summed E-state index contributed by atoms with van der Waals surface area (Å²) < 4.78 is 12.7. The molecule has 0 aromatic heterocycles. The van der Waals surface area contributed by atoms with Crippen LogP contribution < -0.4 is 10.6 Å². The molecule has 1 amide bonds. The summed E-state index contributed by atoms with van der Waals surface area (Å²) in [4.78, 5) is 11.8. The number of hydrogen-bond donors (Lipinski definition) is 2. The van der Waals surface area contributed by atoms with Crippen LogP contribution in [0.4, 0.5) is 4.39 Å². The Bertz CT molecular complexity index is 434. The minimum absolute atomic E-state index is 0.0991. The molecule has 0 bridgehead atoms. The third-order valence-corrected chi connectivity index (χ3v) is 3.19. The number of hydrogen-bond acceptors (Lipinski definition) is 2. The maximum atomic E-state index is 12.7. The van der Waals surface area contributed by atoms with Crippen molar-refractivity contribution in [2.45, 2.75) is 25.3 Å². The van der Waals surface area contributed by atoms with Crippen molar-refractivity contribution in [3.8, 4) is 0 Å². The van der Waals surface area contributed by atoms with Crippen LogP contribution in [0.2, 0.25) is 0 Å². The normalized spacial score (nSPS) is 20.2. The zero-order valence-electron chi connectivity index (χ0n) is 10.9. The van der Waals surface area contributed by atoms with Gasteiger partial charge in [0, 0.05) is 18.7 Å². The second-order valence-electron chi connectivity index (χ2n) is 4.79. The fourth-order valence-corrected chi connectivity index (χ4v) is 2.14. The molecule has 102 valence electrons. The third-order valence-electron chi connectivity index (χ3n) is 3.19. The number of amides is 1. The van der Waals surface area contributed by atoms with Crippen molar-refractivity contribution in [1.82, 2.24) is 10.6 Å². The van der Waals surface area contributed by atoms with E-state index in [1.807, 2.05) is 0 Å². The first-order valence-electron chi connectivity index (χ1n) is 6.69. The molecule has 3 nitrogen and oxygen atoms in total. The van der Waals surface area contributed by atoms with E-state index in [1.165, 1.54) is 18.2 Å². The molecule has 19 heavy (non-hydrogen) atoms. The van der Waals surface area contributed by atoms with Crippen molar-refractivity contribution in [1.29, 1.82) is 0 Å².